The molecular weight excluding hydrogens is 325 g/mol. The van der Waals surface area contributed by atoms with Crippen LogP contribution in [0.3, 0.4) is 0 Å². The van der Waals surface area contributed by atoms with Crippen molar-refractivity contribution in [2.45, 2.75) is 13.8 Å². The van der Waals surface area contributed by atoms with Crippen molar-refractivity contribution in [1.29, 1.82) is 0 Å². The molecule has 6 nitrogen and oxygen atoms in total. The fourth-order valence-corrected chi connectivity index (χ4v) is 3.73. The third kappa shape index (κ3) is 4.35. The van der Waals surface area contributed by atoms with Gasteiger partial charge in [0.1, 0.15) is 0 Å². The topological polar surface area (TPSA) is 66.9 Å². The largest absolute Gasteiger partial charge is 0.379 e. The number of hydrogen-bond donors (Lipinski definition) is 1. The van der Waals surface area contributed by atoms with Gasteiger partial charge in [-0.2, -0.15) is 0 Å². The highest BCUT2D eigenvalue weighted by molar-refractivity contribution is 7.58. The number of aromatic amines is 1. The number of hydrogen-bond acceptors (Lipinski definition) is 4. The van der Waals surface area contributed by atoms with E-state index in [1.54, 1.807) is 31.2 Å². The van der Waals surface area contributed by atoms with Gasteiger partial charge in [0.15, 0.2) is 5.44 Å². The molecule has 0 radical (unpaired) electrons. The normalized spacial score (nSPS) is 13.1. The lowest BCUT2D eigenvalue weighted by molar-refractivity contribution is 0.226. The fourth-order valence-electron chi connectivity index (χ4n) is 2.22. The molecular formula is C17H24N3O3P. The molecule has 0 fully saturated rings. The molecule has 0 amide bonds. The van der Waals surface area contributed by atoms with Crippen LogP contribution in [0.15, 0.2) is 40.9 Å². The first kappa shape index (κ1) is 18.5. The molecule has 0 saturated carbocycles. The van der Waals surface area contributed by atoms with Gasteiger partial charge < -0.3 is 18.9 Å². The first-order chi connectivity index (χ1) is 11.5. The second kappa shape index (κ2) is 8.29. The zero-order valence-electron chi connectivity index (χ0n) is 14.5. The second-order valence-electron chi connectivity index (χ2n) is 5.33. The molecule has 2 rings (SSSR count). The Morgan fingerprint density at radius 3 is 2.54 bits per heavy atom. The Balaban J connectivity index is 2.54. The third-order valence-electron chi connectivity index (χ3n) is 3.21. The molecule has 7 heteroatoms. The molecule has 1 aromatic carbocycles. The maximum Gasteiger partial charge on any atom is 0.379 e. The van der Waals surface area contributed by atoms with Crippen molar-refractivity contribution in [3.05, 3.63) is 41.5 Å². The lowest BCUT2D eigenvalue weighted by atomic mass is 10.2. The summed E-state index contributed by atoms with van der Waals surface area (Å²) < 4.78 is 24.0. The summed E-state index contributed by atoms with van der Waals surface area (Å²) in [7, 11) is 0.211. The van der Waals surface area contributed by atoms with E-state index in [2.05, 4.69) is 9.98 Å². The van der Waals surface area contributed by atoms with E-state index in [0.29, 0.717) is 0 Å². The van der Waals surface area contributed by atoms with E-state index in [1.807, 2.05) is 44.6 Å². The second-order valence-corrected chi connectivity index (χ2v) is 7.30. The van der Waals surface area contributed by atoms with E-state index in [1.165, 1.54) is 0 Å². The fraction of sp³-hybridized carbons (Fsp3) is 0.353. The number of aromatic nitrogens is 1. The number of rotatable bonds is 8. The van der Waals surface area contributed by atoms with Crippen molar-refractivity contribution < 1.29 is 13.6 Å². The molecule has 1 aromatic heterocycles. The number of fused-ring (bicyclic) bond motifs is 1. The molecule has 1 N–H and O–H groups in total. The van der Waals surface area contributed by atoms with Gasteiger partial charge in [-0.1, -0.05) is 18.2 Å². The van der Waals surface area contributed by atoms with Crippen molar-refractivity contribution >= 4 is 30.9 Å². The quantitative estimate of drug-likeness (QED) is 0.438. The van der Waals surface area contributed by atoms with Gasteiger partial charge in [-0.3, -0.25) is 4.57 Å². The van der Waals surface area contributed by atoms with E-state index < -0.39 is 7.60 Å². The molecule has 130 valence electrons. The smallest absolute Gasteiger partial charge is 0.369 e. The number of para-hydroxylation sites is 1. The summed E-state index contributed by atoms with van der Waals surface area (Å²) in [5, 5.41) is 1.02. The first-order valence-corrected chi connectivity index (χ1v) is 9.42. The summed E-state index contributed by atoms with van der Waals surface area (Å²) in [4.78, 5) is 9.31. The highest BCUT2D eigenvalue weighted by Gasteiger charge is 2.30. The average Bonchev–Trinajstić information content (AvgIpc) is 2.94. The van der Waals surface area contributed by atoms with E-state index in [-0.39, 0.29) is 18.7 Å². The lowest BCUT2D eigenvalue weighted by Gasteiger charge is -2.17. The Morgan fingerprint density at radius 1 is 1.25 bits per heavy atom. The van der Waals surface area contributed by atoms with Crippen LogP contribution in [0.2, 0.25) is 0 Å². The van der Waals surface area contributed by atoms with Gasteiger partial charge in [0.05, 0.1) is 19.6 Å². The van der Waals surface area contributed by atoms with E-state index in [4.69, 9.17) is 9.05 Å². The summed E-state index contributed by atoms with van der Waals surface area (Å²) in [6, 6.07) is 7.90. The molecule has 0 atom stereocenters. The molecule has 0 aliphatic rings. The number of nitrogens with one attached hydrogen (secondary N) is 1. The van der Waals surface area contributed by atoms with E-state index in [9.17, 15) is 4.57 Å². The Bertz CT molecular complexity index is 770. The Morgan fingerprint density at radius 2 is 1.92 bits per heavy atom. The van der Waals surface area contributed by atoms with Crippen molar-refractivity contribution in [2.75, 3.05) is 27.3 Å². The minimum absolute atomic E-state index is 0.278. The van der Waals surface area contributed by atoms with Crippen LogP contribution < -0.4 is 0 Å². The Kier molecular flexibility index (Phi) is 6.37. The third-order valence-corrected chi connectivity index (χ3v) is 5.21. The average molecular weight is 349 g/mol. The van der Waals surface area contributed by atoms with Crippen molar-refractivity contribution in [2.24, 2.45) is 4.99 Å². The molecule has 0 unspecified atom stereocenters. The van der Waals surface area contributed by atoms with Crippen LogP contribution in [0.1, 0.15) is 19.4 Å². The number of nitrogens with zero attached hydrogens (tertiary/aromatic N) is 2. The van der Waals surface area contributed by atoms with Crippen LogP contribution >= 0.6 is 7.60 Å². The molecule has 0 bridgehead atoms. The van der Waals surface area contributed by atoms with Crippen molar-refractivity contribution in [1.82, 2.24) is 9.88 Å². The maximum absolute atomic E-state index is 13.1. The molecule has 0 aliphatic carbocycles. The molecule has 2 aromatic rings. The van der Waals surface area contributed by atoms with Gasteiger partial charge in [0.25, 0.3) is 0 Å². The SMILES string of the molecule is CCOP(=O)(OCC)C(=Cc1c[nH]c2ccccc12)N=CN(C)C. The molecule has 0 aliphatic heterocycles. The van der Waals surface area contributed by atoms with Crippen LogP contribution in [-0.2, 0) is 13.6 Å². The van der Waals surface area contributed by atoms with Crippen LogP contribution in [0, 0.1) is 0 Å². The standard InChI is InChI=1S/C17H24N3O3P/c1-5-22-24(21,23-6-2)17(19-13-20(3)4)11-14-12-18-16-10-8-7-9-15(14)16/h7-13,18H,5-6H2,1-4H3. The van der Waals surface area contributed by atoms with Gasteiger partial charge >= 0.3 is 7.60 Å². The van der Waals surface area contributed by atoms with Crippen molar-refractivity contribution in [3.63, 3.8) is 0 Å². The van der Waals surface area contributed by atoms with Gasteiger partial charge in [0, 0.05) is 36.8 Å². The molecule has 0 spiro atoms. The summed E-state index contributed by atoms with van der Waals surface area (Å²) in [6.07, 6.45) is 5.20. The summed E-state index contributed by atoms with van der Waals surface area (Å²) in [6.45, 7) is 4.12. The summed E-state index contributed by atoms with van der Waals surface area (Å²) in [5.41, 5.74) is 2.17. The van der Waals surface area contributed by atoms with E-state index in [0.717, 1.165) is 16.5 Å². The highest BCUT2D eigenvalue weighted by atomic mass is 31.2. The predicted molar refractivity (Wildman–Crippen MR) is 99.3 cm³/mol. The van der Waals surface area contributed by atoms with Crippen molar-refractivity contribution in [3.8, 4) is 0 Å². The van der Waals surface area contributed by atoms with Gasteiger partial charge in [-0.25, -0.2) is 4.99 Å². The highest BCUT2D eigenvalue weighted by Crippen LogP contribution is 2.57. The van der Waals surface area contributed by atoms with Gasteiger partial charge in [0.2, 0.25) is 0 Å². The Labute approximate surface area is 142 Å². The summed E-state index contributed by atoms with van der Waals surface area (Å²) in [5.74, 6) is 0. The van der Waals surface area contributed by atoms with Gasteiger partial charge in [-0.15, -0.1) is 0 Å². The zero-order chi connectivity index (χ0) is 17.6. The van der Waals surface area contributed by atoms with Gasteiger partial charge in [-0.05, 0) is 26.0 Å². The Hall–Kier alpha value is -1.88. The summed E-state index contributed by atoms with van der Waals surface area (Å²) >= 11 is 0. The predicted octanol–water partition coefficient (Wildman–Crippen LogP) is 4.32. The van der Waals surface area contributed by atoms with E-state index >= 15 is 0 Å². The number of aliphatic imine (C=N–C) groups is 1. The number of H-pyrrole nitrogens is 1. The minimum Gasteiger partial charge on any atom is -0.369 e. The first-order valence-electron chi connectivity index (χ1n) is 7.88. The zero-order valence-corrected chi connectivity index (χ0v) is 15.4. The van der Waals surface area contributed by atoms with Crippen LogP contribution in [0.25, 0.3) is 17.0 Å². The number of benzene rings is 1. The lowest BCUT2D eigenvalue weighted by Crippen LogP contribution is -2.08. The monoisotopic (exact) mass is 349 g/mol. The minimum atomic E-state index is -3.48. The maximum atomic E-state index is 13.1. The van der Waals surface area contributed by atoms with Crippen LogP contribution in [0.4, 0.5) is 0 Å². The molecule has 24 heavy (non-hydrogen) atoms. The van der Waals surface area contributed by atoms with Crippen LogP contribution in [0.5, 0.6) is 0 Å². The van der Waals surface area contributed by atoms with Crippen LogP contribution in [-0.4, -0.2) is 43.5 Å². The molecule has 1 heterocycles. The molecule has 0 saturated heterocycles.